The highest BCUT2D eigenvalue weighted by atomic mass is 32.2. The molecule has 2 heterocycles. The fraction of sp³-hybridized carbons (Fsp3) is 0.455. The van der Waals surface area contributed by atoms with Gasteiger partial charge < -0.3 is 4.42 Å². The van der Waals surface area contributed by atoms with Gasteiger partial charge in [-0.15, -0.1) is 0 Å². The molecule has 16 heavy (non-hydrogen) atoms. The van der Waals surface area contributed by atoms with Crippen LogP contribution in [0.5, 0.6) is 0 Å². The van der Waals surface area contributed by atoms with Crippen LogP contribution in [-0.4, -0.2) is 32.1 Å². The van der Waals surface area contributed by atoms with E-state index in [0.717, 1.165) is 17.1 Å². The third-order valence-electron chi connectivity index (χ3n) is 2.70. The van der Waals surface area contributed by atoms with Crippen LogP contribution in [0.4, 0.5) is 0 Å². The predicted molar refractivity (Wildman–Crippen MR) is 62.5 cm³/mol. The molecule has 0 unspecified atom stereocenters. The molecule has 0 atom stereocenters. The molecule has 0 aliphatic carbocycles. The molecule has 0 spiro atoms. The van der Waals surface area contributed by atoms with E-state index in [0.29, 0.717) is 19.5 Å². The maximum Gasteiger partial charge on any atom is 0.211 e. The van der Waals surface area contributed by atoms with Crippen molar-refractivity contribution in [2.75, 3.05) is 19.3 Å². The van der Waals surface area contributed by atoms with Gasteiger partial charge in [0.05, 0.1) is 6.26 Å². The molecule has 0 N–H and O–H groups in total. The molecule has 4 nitrogen and oxygen atoms in total. The first-order valence-corrected chi connectivity index (χ1v) is 7.02. The summed E-state index contributed by atoms with van der Waals surface area (Å²) >= 11 is 0. The van der Waals surface area contributed by atoms with E-state index in [4.69, 9.17) is 4.42 Å². The summed E-state index contributed by atoms with van der Waals surface area (Å²) in [4.78, 5) is 0. The quantitative estimate of drug-likeness (QED) is 0.791. The minimum atomic E-state index is -3.07. The maximum absolute atomic E-state index is 11.3. The molecule has 0 saturated carbocycles. The Morgan fingerprint density at radius 3 is 2.56 bits per heavy atom. The number of furan rings is 1. The molecule has 1 aromatic heterocycles. The first-order chi connectivity index (χ1) is 7.47. The summed E-state index contributed by atoms with van der Waals surface area (Å²) in [7, 11) is -3.07. The summed E-state index contributed by atoms with van der Waals surface area (Å²) in [6.07, 6.45) is 3.87. The van der Waals surface area contributed by atoms with Gasteiger partial charge in [-0.05, 0) is 31.1 Å². The van der Waals surface area contributed by atoms with Crippen molar-refractivity contribution in [1.82, 2.24) is 4.31 Å². The summed E-state index contributed by atoms with van der Waals surface area (Å²) in [5, 5.41) is 0. The van der Waals surface area contributed by atoms with Crippen molar-refractivity contribution in [3.8, 4) is 0 Å². The second-order valence-corrected chi connectivity index (χ2v) is 5.99. The first kappa shape index (κ1) is 11.4. The lowest BCUT2D eigenvalue weighted by Crippen LogP contribution is -2.33. The van der Waals surface area contributed by atoms with Gasteiger partial charge in [0.15, 0.2) is 0 Å². The third kappa shape index (κ3) is 2.36. The van der Waals surface area contributed by atoms with Crippen LogP contribution in [0.2, 0.25) is 0 Å². The van der Waals surface area contributed by atoms with Gasteiger partial charge in [0, 0.05) is 13.1 Å². The predicted octanol–water partition coefficient (Wildman–Crippen LogP) is 1.64. The Kier molecular flexibility index (Phi) is 2.90. The Labute approximate surface area is 95.6 Å². The van der Waals surface area contributed by atoms with Gasteiger partial charge in [-0.1, -0.05) is 6.08 Å². The van der Waals surface area contributed by atoms with Crippen LogP contribution in [0.25, 0.3) is 5.57 Å². The standard InChI is InChI=1S/C11H15NO3S/c1-9-3-4-11(15-9)10-5-7-12(8-6-10)16(2,13)14/h3-5H,6-8H2,1-2H3. The molecule has 1 aliphatic rings. The van der Waals surface area contributed by atoms with E-state index < -0.39 is 10.0 Å². The van der Waals surface area contributed by atoms with E-state index >= 15 is 0 Å². The number of hydrogen-bond acceptors (Lipinski definition) is 3. The third-order valence-corrected chi connectivity index (χ3v) is 3.97. The smallest absolute Gasteiger partial charge is 0.211 e. The molecular weight excluding hydrogens is 226 g/mol. The minimum Gasteiger partial charge on any atom is -0.462 e. The molecule has 0 saturated heterocycles. The van der Waals surface area contributed by atoms with Crippen molar-refractivity contribution >= 4 is 15.6 Å². The lowest BCUT2D eigenvalue weighted by Gasteiger charge is -2.23. The van der Waals surface area contributed by atoms with Gasteiger partial charge in [0.25, 0.3) is 0 Å². The van der Waals surface area contributed by atoms with E-state index in [1.165, 1.54) is 10.6 Å². The molecule has 0 amide bonds. The second-order valence-electron chi connectivity index (χ2n) is 4.01. The van der Waals surface area contributed by atoms with Crippen molar-refractivity contribution < 1.29 is 12.8 Å². The highest BCUT2D eigenvalue weighted by Gasteiger charge is 2.21. The van der Waals surface area contributed by atoms with Crippen molar-refractivity contribution in [3.63, 3.8) is 0 Å². The van der Waals surface area contributed by atoms with Crippen LogP contribution >= 0.6 is 0 Å². The van der Waals surface area contributed by atoms with Gasteiger partial charge in [-0.25, -0.2) is 8.42 Å². The average molecular weight is 241 g/mol. The van der Waals surface area contributed by atoms with Crippen molar-refractivity contribution in [3.05, 3.63) is 29.7 Å². The van der Waals surface area contributed by atoms with E-state index in [1.54, 1.807) is 0 Å². The first-order valence-electron chi connectivity index (χ1n) is 5.18. The van der Waals surface area contributed by atoms with Gasteiger partial charge in [-0.2, -0.15) is 4.31 Å². The number of aryl methyl sites for hydroxylation is 1. The number of sulfonamides is 1. The Bertz CT molecular complexity index is 513. The Morgan fingerprint density at radius 2 is 2.12 bits per heavy atom. The maximum atomic E-state index is 11.3. The number of nitrogens with zero attached hydrogens (tertiary/aromatic N) is 1. The van der Waals surface area contributed by atoms with Crippen LogP contribution in [0, 0.1) is 6.92 Å². The fourth-order valence-corrected chi connectivity index (χ4v) is 2.55. The zero-order valence-corrected chi connectivity index (χ0v) is 10.3. The van der Waals surface area contributed by atoms with Crippen molar-refractivity contribution in [2.45, 2.75) is 13.3 Å². The van der Waals surface area contributed by atoms with E-state index in [-0.39, 0.29) is 0 Å². The topological polar surface area (TPSA) is 50.5 Å². The fourth-order valence-electron chi connectivity index (χ4n) is 1.78. The van der Waals surface area contributed by atoms with Crippen LogP contribution in [-0.2, 0) is 10.0 Å². The lowest BCUT2D eigenvalue weighted by atomic mass is 10.1. The molecule has 0 bridgehead atoms. The summed E-state index contributed by atoms with van der Waals surface area (Å²) in [6.45, 7) is 2.87. The molecule has 5 heteroatoms. The lowest BCUT2D eigenvalue weighted by molar-refractivity contribution is 0.440. The molecule has 0 radical (unpaired) electrons. The van der Waals surface area contributed by atoms with Gasteiger partial charge in [-0.3, -0.25) is 0 Å². The van der Waals surface area contributed by atoms with E-state index in [2.05, 4.69) is 0 Å². The van der Waals surface area contributed by atoms with Crippen LogP contribution in [0.3, 0.4) is 0 Å². The summed E-state index contributed by atoms with van der Waals surface area (Å²) in [5.74, 6) is 1.73. The average Bonchev–Trinajstić information content (AvgIpc) is 2.64. The molecule has 1 aliphatic heterocycles. The van der Waals surface area contributed by atoms with E-state index in [1.807, 2.05) is 25.1 Å². The largest absolute Gasteiger partial charge is 0.462 e. The molecular formula is C11H15NO3S. The van der Waals surface area contributed by atoms with Crippen molar-refractivity contribution in [2.24, 2.45) is 0 Å². The van der Waals surface area contributed by atoms with Crippen LogP contribution < -0.4 is 0 Å². The van der Waals surface area contributed by atoms with Gasteiger partial charge in [0.2, 0.25) is 10.0 Å². The van der Waals surface area contributed by atoms with Crippen LogP contribution in [0.1, 0.15) is 17.9 Å². The Balaban J connectivity index is 2.15. The second kappa shape index (κ2) is 4.07. The van der Waals surface area contributed by atoms with Gasteiger partial charge >= 0.3 is 0 Å². The van der Waals surface area contributed by atoms with Gasteiger partial charge in [0.1, 0.15) is 11.5 Å². The molecule has 1 aromatic rings. The normalized spacial score (nSPS) is 18.5. The molecule has 0 aromatic carbocycles. The molecule has 2 rings (SSSR count). The zero-order chi connectivity index (χ0) is 11.8. The Hall–Kier alpha value is -1.07. The summed E-state index contributed by atoms with van der Waals surface area (Å²) in [6, 6.07) is 3.84. The van der Waals surface area contributed by atoms with Crippen molar-refractivity contribution in [1.29, 1.82) is 0 Å². The molecule has 0 fully saturated rings. The summed E-state index contributed by atoms with van der Waals surface area (Å²) < 4.78 is 29.6. The van der Waals surface area contributed by atoms with Crippen LogP contribution in [0.15, 0.2) is 22.6 Å². The SMILES string of the molecule is Cc1ccc(C2=CCN(S(C)(=O)=O)CC2)o1. The summed E-state index contributed by atoms with van der Waals surface area (Å²) in [5.41, 5.74) is 1.09. The zero-order valence-electron chi connectivity index (χ0n) is 9.43. The number of hydrogen-bond donors (Lipinski definition) is 0. The monoisotopic (exact) mass is 241 g/mol. The Morgan fingerprint density at radius 1 is 1.38 bits per heavy atom. The minimum absolute atomic E-state index is 0.438. The van der Waals surface area contributed by atoms with E-state index in [9.17, 15) is 8.42 Å². The molecule has 88 valence electrons. The highest BCUT2D eigenvalue weighted by Crippen LogP contribution is 2.24. The number of rotatable bonds is 2. The highest BCUT2D eigenvalue weighted by molar-refractivity contribution is 7.88.